The van der Waals surface area contributed by atoms with Crippen LogP contribution in [-0.2, 0) is 0 Å². The van der Waals surface area contributed by atoms with E-state index >= 15 is 0 Å². The fourth-order valence-electron chi connectivity index (χ4n) is 3.27. The molecule has 0 amide bonds. The van der Waals surface area contributed by atoms with Gasteiger partial charge in [-0.2, -0.15) is 0 Å². The molecule has 0 saturated heterocycles. The smallest absolute Gasteiger partial charge is 0.153 e. The maximum atomic E-state index is 11.0. The third-order valence-electron chi connectivity index (χ3n) is 5.39. The van der Waals surface area contributed by atoms with Gasteiger partial charge in [0.25, 0.3) is 0 Å². The first-order chi connectivity index (χ1) is 18.8. The number of rotatable bonds is 8. The maximum Gasteiger partial charge on any atom is 0.153 e. The molecule has 2 aromatic carbocycles. The molecule has 0 aliphatic heterocycles. The third kappa shape index (κ3) is 10.5. The summed E-state index contributed by atoms with van der Waals surface area (Å²) in [6.07, 6.45) is 9.24. The minimum absolute atomic E-state index is 0.0422. The second kappa shape index (κ2) is 16.9. The van der Waals surface area contributed by atoms with Crippen LogP contribution in [0.15, 0.2) is 85.5 Å². The summed E-state index contributed by atoms with van der Waals surface area (Å²) in [4.78, 5) is 29.1. The number of pyridine rings is 2. The molecule has 2 unspecified atom stereocenters. The standard InChI is InChI=1S/C15H14ClNO2.C8H11NO.C7H5ClO2/c1-2-14(11-4-3-7-17-9-11)19-15-6-5-13(16)8-12(15)10-18;1-2-8(10)7-3-5-9-6-4-7;8-6-1-2-7(10)5(3-6)4-9/h3-10,14H,2H2,1H3;3-6,8,10H,2H2,1H3;1-4,10H. The molecule has 0 bridgehead atoms. The quantitative estimate of drug-likeness (QED) is 0.212. The van der Waals surface area contributed by atoms with Gasteiger partial charge in [-0.15, -0.1) is 0 Å². The molecule has 2 atom stereocenters. The number of hydrogen-bond acceptors (Lipinski definition) is 7. The zero-order valence-electron chi connectivity index (χ0n) is 21.6. The minimum atomic E-state index is -0.331. The Kier molecular flexibility index (Phi) is 13.7. The number of halogens is 2. The van der Waals surface area contributed by atoms with Crippen molar-refractivity contribution >= 4 is 35.8 Å². The Morgan fingerprint density at radius 2 is 1.46 bits per heavy atom. The van der Waals surface area contributed by atoms with Crippen LogP contribution in [0.3, 0.4) is 0 Å². The fourth-order valence-corrected chi connectivity index (χ4v) is 3.63. The van der Waals surface area contributed by atoms with E-state index in [0.717, 1.165) is 30.3 Å². The lowest BCUT2D eigenvalue weighted by Crippen LogP contribution is -2.08. The summed E-state index contributed by atoms with van der Waals surface area (Å²) in [5, 5.41) is 19.2. The molecule has 4 aromatic rings. The molecule has 0 saturated carbocycles. The Morgan fingerprint density at radius 1 is 0.821 bits per heavy atom. The lowest BCUT2D eigenvalue weighted by Gasteiger charge is -2.18. The third-order valence-corrected chi connectivity index (χ3v) is 5.86. The topological polar surface area (TPSA) is 110 Å². The first-order valence-corrected chi connectivity index (χ1v) is 12.9. The van der Waals surface area contributed by atoms with E-state index < -0.39 is 0 Å². The van der Waals surface area contributed by atoms with E-state index in [4.69, 9.17) is 33.0 Å². The average molecular weight is 569 g/mol. The summed E-state index contributed by atoms with van der Waals surface area (Å²) >= 11 is 11.4. The van der Waals surface area contributed by atoms with Crippen molar-refractivity contribution in [2.45, 2.75) is 38.9 Å². The van der Waals surface area contributed by atoms with E-state index in [1.165, 1.54) is 18.2 Å². The number of phenolic OH excluding ortho intramolecular Hbond substituents is 1. The maximum absolute atomic E-state index is 11.0. The van der Waals surface area contributed by atoms with E-state index in [0.29, 0.717) is 27.6 Å². The molecule has 2 aromatic heterocycles. The van der Waals surface area contributed by atoms with E-state index in [1.54, 1.807) is 43.0 Å². The average Bonchev–Trinajstić information content (AvgIpc) is 2.98. The molecular weight excluding hydrogens is 539 g/mol. The van der Waals surface area contributed by atoms with E-state index in [9.17, 15) is 14.7 Å². The van der Waals surface area contributed by atoms with Gasteiger partial charge in [0.05, 0.1) is 17.2 Å². The summed E-state index contributed by atoms with van der Waals surface area (Å²) < 4.78 is 5.90. The molecule has 7 nitrogen and oxygen atoms in total. The highest BCUT2D eigenvalue weighted by molar-refractivity contribution is 6.31. The van der Waals surface area contributed by atoms with Gasteiger partial charge in [-0.1, -0.05) is 43.1 Å². The highest BCUT2D eigenvalue weighted by Crippen LogP contribution is 2.28. The highest BCUT2D eigenvalue weighted by Gasteiger charge is 2.13. The summed E-state index contributed by atoms with van der Waals surface area (Å²) in [6.45, 7) is 3.97. The Bertz CT molecular complexity index is 1310. The Labute approximate surface area is 238 Å². The monoisotopic (exact) mass is 568 g/mol. The second-order valence-corrected chi connectivity index (χ2v) is 9.00. The Balaban J connectivity index is 0.000000225. The summed E-state index contributed by atoms with van der Waals surface area (Å²) in [5.74, 6) is 0.495. The van der Waals surface area contributed by atoms with Gasteiger partial charge in [-0.25, -0.2) is 0 Å². The van der Waals surface area contributed by atoms with Gasteiger partial charge in [0.1, 0.15) is 17.6 Å². The molecule has 0 aliphatic carbocycles. The second-order valence-electron chi connectivity index (χ2n) is 8.13. The van der Waals surface area contributed by atoms with Gasteiger partial charge in [-0.3, -0.25) is 19.6 Å². The van der Waals surface area contributed by atoms with Crippen molar-refractivity contribution in [3.05, 3.63) is 118 Å². The van der Waals surface area contributed by atoms with Crippen LogP contribution >= 0.6 is 23.2 Å². The molecule has 39 heavy (non-hydrogen) atoms. The molecule has 9 heteroatoms. The van der Waals surface area contributed by atoms with Gasteiger partial charge >= 0.3 is 0 Å². The summed E-state index contributed by atoms with van der Waals surface area (Å²) in [6, 6.07) is 16.8. The number of aldehydes is 2. The van der Waals surface area contributed by atoms with Crippen LogP contribution in [-0.4, -0.2) is 32.8 Å². The number of phenols is 1. The van der Waals surface area contributed by atoms with Crippen LogP contribution in [0.25, 0.3) is 0 Å². The first kappa shape index (κ1) is 31.4. The molecule has 0 spiro atoms. The number of benzene rings is 2. The van der Waals surface area contributed by atoms with Crippen molar-refractivity contribution < 1.29 is 24.5 Å². The molecule has 2 N–H and O–H groups in total. The number of aromatic hydroxyl groups is 1. The Morgan fingerprint density at radius 3 is 2.00 bits per heavy atom. The van der Waals surface area contributed by atoms with Gasteiger partial charge in [0.2, 0.25) is 0 Å². The largest absolute Gasteiger partial charge is 0.507 e. The van der Waals surface area contributed by atoms with Gasteiger partial charge < -0.3 is 14.9 Å². The van der Waals surface area contributed by atoms with Crippen molar-refractivity contribution in [1.82, 2.24) is 9.97 Å². The van der Waals surface area contributed by atoms with Crippen LogP contribution in [0, 0.1) is 0 Å². The van der Waals surface area contributed by atoms with Crippen molar-refractivity contribution in [3.63, 3.8) is 0 Å². The zero-order valence-corrected chi connectivity index (χ0v) is 23.1. The van der Waals surface area contributed by atoms with E-state index in [1.807, 2.05) is 38.1 Å². The number of carbonyl (C=O) groups excluding carboxylic acids is 2. The molecule has 2 heterocycles. The Hall–Kier alpha value is -3.78. The predicted molar refractivity (Wildman–Crippen MR) is 153 cm³/mol. The number of carbonyl (C=O) groups is 2. The molecule has 4 rings (SSSR count). The summed E-state index contributed by atoms with van der Waals surface area (Å²) in [5.41, 5.74) is 2.59. The van der Waals surface area contributed by atoms with E-state index in [-0.39, 0.29) is 23.5 Å². The number of aliphatic hydroxyl groups is 1. The molecule has 0 aliphatic rings. The van der Waals surface area contributed by atoms with Crippen molar-refractivity contribution in [2.24, 2.45) is 0 Å². The zero-order chi connectivity index (χ0) is 28.6. The van der Waals surface area contributed by atoms with Crippen LogP contribution in [0.5, 0.6) is 11.5 Å². The molecular formula is C30H30Cl2N2O5. The lowest BCUT2D eigenvalue weighted by atomic mass is 10.1. The predicted octanol–water partition coefficient (Wildman–Crippen LogP) is 7.46. The van der Waals surface area contributed by atoms with Crippen molar-refractivity contribution in [3.8, 4) is 11.5 Å². The van der Waals surface area contributed by atoms with Crippen LogP contribution in [0.4, 0.5) is 0 Å². The molecule has 204 valence electrons. The number of hydrogen-bond donors (Lipinski definition) is 2. The minimum Gasteiger partial charge on any atom is -0.507 e. The van der Waals surface area contributed by atoms with Gasteiger partial charge in [0, 0.05) is 40.4 Å². The SMILES string of the molecule is CCC(O)c1ccncc1.CCC(Oc1ccc(Cl)cc1C=O)c1cccnc1.O=Cc1cc(Cl)ccc1O. The van der Waals surface area contributed by atoms with Crippen LogP contribution < -0.4 is 4.74 Å². The van der Waals surface area contributed by atoms with Crippen molar-refractivity contribution in [1.29, 1.82) is 0 Å². The van der Waals surface area contributed by atoms with Gasteiger partial charge in [-0.05, 0) is 73.0 Å². The highest BCUT2D eigenvalue weighted by atomic mass is 35.5. The molecule has 0 fully saturated rings. The normalized spacial score (nSPS) is 11.5. The molecule has 0 radical (unpaired) electrons. The van der Waals surface area contributed by atoms with Crippen molar-refractivity contribution in [2.75, 3.05) is 0 Å². The van der Waals surface area contributed by atoms with Crippen LogP contribution in [0.2, 0.25) is 10.0 Å². The number of aliphatic hydroxyl groups excluding tert-OH is 1. The fraction of sp³-hybridized carbons (Fsp3) is 0.200. The number of ether oxygens (including phenoxy) is 1. The first-order valence-electron chi connectivity index (χ1n) is 12.2. The number of nitrogens with zero attached hydrogens (tertiary/aromatic N) is 2. The van der Waals surface area contributed by atoms with E-state index in [2.05, 4.69) is 9.97 Å². The lowest BCUT2D eigenvalue weighted by molar-refractivity contribution is 0.110. The van der Waals surface area contributed by atoms with Gasteiger partial charge in [0.15, 0.2) is 12.6 Å². The summed E-state index contributed by atoms with van der Waals surface area (Å²) in [7, 11) is 0. The van der Waals surface area contributed by atoms with Crippen LogP contribution in [0.1, 0.15) is 70.7 Å². The number of aromatic nitrogens is 2.